The van der Waals surface area contributed by atoms with Gasteiger partial charge in [-0.3, -0.25) is 24.1 Å². The van der Waals surface area contributed by atoms with Gasteiger partial charge in [0.25, 0.3) is 17.7 Å². The van der Waals surface area contributed by atoms with E-state index in [1.807, 2.05) is 60.7 Å². The Labute approximate surface area is 226 Å². The zero-order chi connectivity index (χ0) is 27.2. The summed E-state index contributed by atoms with van der Waals surface area (Å²) in [5.74, 6) is -1.43. The van der Waals surface area contributed by atoms with E-state index in [9.17, 15) is 19.2 Å². The van der Waals surface area contributed by atoms with Crippen molar-refractivity contribution in [2.75, 3.05) is 11.9 Å². The number of para-hydroxylation sites is 1. The number of hydrogen-bond donors (Lipinski definition) is 1. The molecule has 4 amide bonds. The van der Waals surface area contributed by atoms with Gasteiger partial charge in [-0.1, -0.05) is 84.9 Å². The lowest BCUT2D eigenvalue weighted by atomic mass is 10.1. The molecule has 0 spiro atoms. The average Bonchev–Trinajstić information content (AvgIpc) is 3.21. The molecule has 39 heavy (non-hydrogen) atoms. The van der Waals surface area contributed by atoms with Gasteiger partial charge in [-0.25, -0.2) is 0 Å². The number of fused-ring (bicyclic) bond motifs is 1. The highest BCUT2D eigenvalue weighted by molar-refractivity contribution is 6.21. The number of hydrogen-bond acceptors (Lipinski definition) is 4. The Morgan fingerprint density at radius 1 is 0.641 bits per heavy atom. The average molecular weight is 518 g/mol. The first-order chi connectivity index (χ1) is 19.0. The Hall–Kier alpha value is -5.04. The highest BCUT2D eigenvalue weighted by Crippen LogP contribution is 2.24. The van der Waals surface area contributed by atoms with Gasteiger partial charge in [-0.05, 0) is 35.4 Å². The third-order valence-corrected chi connectivity index (χ3v) is 6.59. The molecule has 0 saturated carbocycles. The first-order valence-electron chi connectivity index (χ1n) is 12.7. The number of rotatable bonds is 9. The zero-order valence-corrected chi connectivity index (χ0v) is 21.2. The van der Waals surface area contributed by atoms with Crippen LogP contribution in [0.15, 0.2) is 109 Å². The molecule has 1 N–H and O–H groups in total. The van der Waals surface area contributed by atoms with Crippen LogP contribution in [0.1, 0.15) is 48.6 Å². The molecule has 0 unspecified atom stereocenters. The number of anilines is 1. The van der Waals surface area contributed by atoms with E-state index in [0.717, 1.165) is 16.0 Å². The molecule has 0 saturated heterocycles. The third-order valence-electron chi connectivity index (χ3n) is 6.59. The molecule has 0 radical (unpaired) electrons. The lowest BCUT2D eigenvalue weighted by Gasteiger charge is -2.24. The van der Waals surface area contributed by atoms with Gasteiger partial charge >= 0.3 is 0 Å². The summed E-state index contributed by atoms with van der Waals surface area (Å²) in [7, 11) is 0. The van der Waals surface area contributed by atoms with Crippen molar-refractivity contribution in [1.82, 2.24) is 9.80 Å². The Morgan fingerprint density at radius 3 is 1.69 bits per heavy atom. The van der Waals surface area contributed by atoms with Crippen LogP contribution >= 0.6 is 0 Å². The molecule has 1 heterocycles. The highest BCUT2D eigenvalue weighted by atomic mass is 16.2. The Balaban J connectivity index is 1.30. The van der Waals surface area contributed by atoms with E-state index in [4.69, 9.17) is 0 Å². The smallest absolute Gasteiger partial charge is 0.261 e. The van der Waals surface area contributed by atoms with E-state index < -0.39 is 17.7 Å². The van der Waals surface area contributed by atoms with Crippen LogP contribution < -0.4 is 5.32 Å². The quantitative estimate of drug-likeness (QED) is 0.311. The van der Waals surface area contributed by atoms with Crippen LogP contribution in [0.5, 0.6) is 0 Å². The number of benzene rings is 4. The summed E-state index contributed by atoms with van der Waals surface area (Å²) >= 11 is 0. The minimum Gasteiger partial charge on any atom is -0.330 e. The topological polar surface area (TPSA) is 86.8 Å². The molecule has 7 heteroatoms. The van der Waals surface area contributed by atoms with Gasteiger partial charge in [-0.2, -0.15) is 0 Å². The number of carbonyl (C=O) groups is 4. The first kappa shape index (κ1) is 25.6. The van der Waals surface area contributed by atoms with Crippen molar-refractivity contribution in [2.45, 2.75) is 19.5 Å². The van der Waals surface area contributed by atoms with Crippen LogP contribution in [0.25, 0.3) is 0 Å². The lowest BCUT2D eigenvalue weighted by molar-refractivity contribution is -0.116. The van der Waals surface area contributed by atoms with Crippen LogP contribution in [0.3, 0.4) is 0 Å². The summed E-state index contributed by atoms with van der Waals surface area (Å²) in [5, 5.41) is 2.81. The second-order valence-electron chi connectivity index (χ2n) is 9.28. The minimum atomic E-state index is -0.406. The van der Waals surface area contributed by atoms with Crippen molar-refractivity contribution in [1.29, 1.82) is 0 Å². The number of carbonyl (C=O) groups excluding carboxylic acids is 4. The fraction of sp³-hybridized carbons (Fsp3) is 0.125. The van der Waals surface area contributed by atoms with Gasteiger partial charge in [0.05, 0.1) is 22.4 Å². The monoisotopic (exact) mass is 517 g/mol. The molecule has 0 atom stereocenters. The van der Waals surface area contributed by atoms with Gasteiger partial charge in [0.1, 0.15) is 0 Å². The zero-order valence-electron chi connectivity index (χ0n) is 21.2. The normalized spacial score (nSPS) is 12.3. The van der Waals surface area contributed by atoms with Gasteiger partial charge in [-0.15, -0.1) is 0 Å². The molecule has 0 aliphatic carbocycles. The maximum Gasteiger partial charge on any atom is 0.261 e. The van der Waals surface area contributed by atoms with E-state index in [1.165, 1.54) is 0 Å². The summed E-state index contributed by atoms with van der Waals surface area (Å²) in [4.78, 5) is 54.8. The maximum atomic E-state index is 13.8. The maximum absolute atomic E-state index is 13.8. The van der Waals surface area contributed by atoms with Gasteiger partial charge in [0, 0.05) is 26.1 Å². The van der Waals surface area contributed by atoms with E-state index in [2.05, 4.69) is 5.32 Å². The van der Waals surface area contributed by atoms with Crippen molar-refractivity contribution < 1.29 is 19.2 Å². The van der Waals surface area contributed by atoms with Gasteiger partial charge in [0.15, 0.2) is 0 Å². The Kier molecular flexibility index (Phi) is 7.59. The third kappa shape index (κ3) is 5.78. The van der Waals surface area contributed by atoms with Crippen LogP contribution in [0.2, 0.25) is 0 Å². The van der Waals surface area contributed by atoms with E-state index in [0.29, 0.717) is 35.5 Å². The number of amides is 4. The summed E-state index contributed by atoms with van der Waals surface area (Å²) in [5.41, 5.74) is 3.40. The van der Waals surface area contributed by atoms with Crippen molar-refractivity contribution in [3.05, 3.63) is 137 Å². The van der Waals surface area contributed by atoms with Crippen LogP contribution in [-0.2, 0) is 17.9 Å². The number of imide groups is 1. The Morgan fingerprint density at radius 2 is 1.13 bits per heavy atom. The molecule has 4 aromatic rings. The van der Waals surface area contributed by atoms with Crippen molar-refractivity contribution >= 4 is 29.3 Å². The fourth-order valence-electron chi connectivity index (χ4n) is 4.62. The van der Waals surface area contributed by atoms with Crippen LogP contribution in [0.4, 0.5) is 5.69 Å². The summed E-state index contributed by atoms with van der Waals surface area (Å²) in [6.45, 7) is 0.746. The van der Waals surface area contributed by atoms with Gasteiger partial charge < -0.3 is 10.2 Å². The standard InChI is InChI=1S/C32H27N3O4/c36-29(19-20-35-31(38)25-15-7-8-16-26(25)32(35)39)33-28-18-10-9-17-27(28)30(37)34(21-23-11-3-1-4-12-23)22-24-13-5-2-6-14-24/h1-18H,19-22H2,(H,33,36). The molecule has 0 bridgehead atoms. The van der Waals surface area contributed by atoms with Crippen LogP contribution in [0, 0.1) is 0 Å². The predicted octanol–water partition coefficient (Wildman–Crippen LogP) is 5.15. The van der Waals surface area contributed by atoms with Crippen LogP contribution in [-0.4, -0.2) is 40.0 Å². The largest absolute Gasteiger partial charge is 0.330 e. The second-order valence-corrected chi connectivity index (χ2v) is 9.28. The first-order valence-corrected chi connectivity index (χ1v) is 12.7. The molecule has 194 valence electrons. The highest BCUT2D eigenvalue weighted by Gasteiger charge is 2.35. The van der Waals surface area contributed by atoms with E-state index >= 15 is 0 Å². The molecule has 0 fully saturated rings. The molecule has 1 aliphatic rings. The molecular weight excluding hydrogens is 490 g/mol. The lowest BCUT2D eigenvalue weighted by Crippen LogP contribution is -2.33. The predicted molar refractivity (Wildman–Crippen MR) is 148 cm³/mol. The molecular formula is C32H27N3O4. The van der Waals surface area contributed by atoms with Gasteiger partial charge in [0.2, 0.25) is 5.91 Å². The molecule has 5 rings (SSSR count). The fourth-order valence-corrected chi connectivity index (χ4v) is 4.62. The summed E-state index contributed by atoms with van der Waals surface area (Å²) in [6.07, 6.45) is -0.0915. The Bertz CT molecular complexity index is 1440. The molecule has 7 nitrogen and oxygen atoms in total. The number of nitrogens with zero attached hydrogens (tertiary/aromatic N) is 2. The second kappa shape index (κ2) is 11.6. The molecule has 1 aliphatic heterocycles. The molecule has 0 aromatic heterocycles. The van der Waals surface area contributed by atoms with E-state index in [-0.39, 0.29) is 18.9 Å². The SMILES string of the molecule is O=C(CCN1C(=O)c2ccccc2C1=O)Nc1ccccc1C(=O)N(Cc1ccccc1)Cc1ccccc1. The van der Waals surface area contributed by atoms with Crippen molar-refractivity contribution in [3.63, 3.8) is 0 Å². The summed E-state index contributed by atoms with van der Waals surface area (Å²) in [6, 6.07) is 33.0. The van der Waals surface area contributed by atoms with E-state index in [1.54, 1.807) is 53.4 Å². The molecule has 4 aromatic carbocycles. The minimum absolute atomic E-state index is 0.0531. The summed E-state index contributed by atoms with van der Waals surface area (Å²) < 4.78 is 0. The van der Waals surface area contributed by atoms with Crippen molar-refractivity contribution in [2.24, 2.45) is 0 Å². The van der Waals surface area contributed by atoms with Crippen molar-refractivity contribution in [3.8, 4) is 0 Å². The number of nitrogens with one attached hydrogen (secondary N) is 1.